The van der Waals surface area contributed by atoms with Crippen molar-refractivity contribution in [1.82, 2.24) is 0 Å². The molecule has 94 valence electrons. The molecule has 1 nitrogen and oxygen atoms in total. The summed E-state index contributed by atoms with van der Waals surface area (Å²) in [7, 11) is 0. The van der Waals surface area contributed by atoms with Gasteiger partial charge in [0.1, 0.15) is 0 Å². The van der Waals surface area contributed by atoms with Gasteiger partial charge in [0.25, 0.3) is 5.78 Å². The summed E-state index contributed by atoms with van der Waals surface area (Å²) >= 11 is 0. The monoisotopic (exact) mass is 236 g/mol. The fourth-order valence-corrected chi connectivity index (χ4v) is 1.34. The van der Waals surface area contributed by atoms with Crippen LogP contribution >= 0.6 is 0 Å². The molecule has 0 amide bonds. The molecule has 0 saturated carbocycles. The first kappa shape index (κ1) is 15.2. The maximum atomic E-state index is 12.1. The van der Waals surface area contributed by atoms with Gasteiger partial charge in [0.05, 0.1) is 0 Å². The van der Waals surface area contributed by atoms with Gasteiger partial charge in [-0.25, -0.2) is 0 Å². The Kier molecular flexibility index (Phi) is 7.10. The highest BCUT2D eigenvalue weighted by atomic mass is 19.4. The van der Waals surface area contributed by atoms with Crippen LogP contribution in [0.1, 0.15) is 52.4 Å². The number of hydrogen-bond acceptors (Lipinski definition) is 1. The summed E-state index contributed by atoms with van der Waals surface area (Å²) in [5.41, 5.74) is 0.631. The van der Waals surface area contributed by atoms with Crippen molar-refractivity contribution in [2.45, 2.75) is 58.5 Å². The van der Waals surface area contributed by atoms with Crippen molar-refractivity contribution >= 4 is 5.78 Å². The minimum Gasteiger partial charge on any atom is -0.285 e. The van der Waals surface area contributed by atoms with Crippen LogP contribution in [0.5, 0.6) is 0 Å². The zero-order valence-corrected chi connectivity index (χ0v) is 9.86. The quantitative estimate of drug-likeness (QED) is 0.598. The number of rotatable bonds is 7. The van der Waals surface area contributed by atoms with Gasteiger partial charge in [-0.2, -0.15) is 13.2 Å². The molecular formula is C12H19F3O. The van der Waals surface area contributed by atoms with E-state index in [2.05, 4.69) is 0 Å². The van der Waals surface area contributed by atoms with Crippen molar-refractivity contribution < 1.29 is 18.0 Å². The molecule has 0 aromatic carbocycles. The zero-order chi connectivity index (χ0) is 12.6. The maximum Gasteiger partial charge on any atom is 0.454 e. The molecule has 0 radical (unpaired) electrons. The van der Waals surface area contributed by atoms with Crippen molar-refractivity contribution in [2.24, 2.45) is 0 Å². The van der Waals surface area contributed by atoms with E-state index in [-0.39, 0.29) is 0 Å². The van der Waals surface area contributed by atoms with E-state index in [0.29, 0.717) is 18.4 Å². The Morgan fingerprint density at radius 2 is 1.50 bits per heavy atom. The third kappa shape index (κ3) is 6.64. The number of unbranched alkanes of at least 4 members (excludes halogenated alkanes) is 2. The topological polar surface area (TPSA) is 17.1 Å². The van der Waals surface area contributed by atoms with Crippen molar-refractivity contribution in [3.05, 3.63) is 11.6 Å². The third-order valence-electron chi connectivity index (χ3n) is 2.32. The molecule has 0 aromatic rings. The Balaban J connectivity index is 4.47. The smallest absolute Gasteiger partial charge is 0.285 e. The molecule has 0 fully saturated rings. The summed E-state index contributed by atoms with van der Waals surface area (Å²) in [5.74, 6) is -1.73. The van der Waals surface area contributed by atoms with Crippen molar-refractivity contribution in [2.75, 3.05) is 0 Å². The SMILES string of the molecule is CCCCC(=CC(=O)C(F)(F)F)CCCC. The largest absolute Gasteiger partial charge is 0.454 e. The molecule has 0 atom stereocenters. The van der Waals surface area contributed by atoms with Gasteiger partial charge in [-0.15, -0.1) is 0 Å². The lowest BCUT2D eigenvalue weighted by Crippen LogP contribution is -2.20. The zero-order valence-electron chi connectivity index (χ0n) is 9.86. The molecular weight excluding hydrogens is 217 g/mol. The van der Waals surface area contributed by atoms with Gasteiger partial charge in [0, 0.05) is 0 Å². The summed E-state index contributed by atoms with van der Waals surface area (Å²) in [6.07, 6.45) is 0.750. The Hall–Kier alpha value is -0.800. The number of carbonyl (C=O) groups is 1. The van der Waals surface area contributed by atoms with E-state index in [9.17, 15) is 18.0 Å². The van der Waals surface area contributed by atoms with Crippen LogP contribution in [-0.2, 0) is 4.79 Å². The molecule has 0 aliphatic carbocycles. The first-order valence-corrected chi connectivity index (χ1v) is 5.72. The predicted molar refractivity (Wildman–Crippen MR) is 58.2 cm³/mol. The number of halogens is 3. The van der Waals surface area contributed by atoms with E-state index in [0.717, 1.165) is 31.8 Å². The predicted octanol–water partition coefficient (Wildman–Crippen LogP) is 4.42. The van der Waals surface area contributed by atoms with Crippen LogP contribution in [0.3, 0.4) is 0 Å². The summed E-state index contributed by atoms with van der Waals surface area (Å²) in [6, 6.07) is 0. The van der Waals surface area contributed by atoms with Gasteiger partial charge < -0.3 is 0 Å². The van der Waals surface area contributed by atoms with Crippen molar-refractivity contribution in [3.8, 4) is 0 Å². The molecule has 0 spiro atoms. The van der Waals surface area contributed by atoms with E-state index in [1.54, 1.807) is 0 Å². The van der Waals surface area contributed by atoms with Crippen LogP contribution in [0.25, 0.3) is 0 Å². The molecule has 0 aliphatic rings. The van der Waals surface area contributed by atoms with Crippen LogP contribution in [0.15, 0.2) is 11.6 Å². The molecule has 16 heavy (non-hydrogen) atoms. The van der Waals surface area contributed by atoms with Gasteiger partial charge in [-0.3, -0.25) is 4.79 Å². The second-order valence-electron chi connectivity index (χ2n) is 3.87. The Labute approximate surface area is 94.7 Å². The number of hydrogen-bond donors (Lipinski definition) is 0. The molecule has 0 N–H and O–H groups in total. The average Bonchev–Trinajstić information content (AvgIpc) is 2.20. The third-order valence-corrected chi connectivity index (χ3v) is 2.32. The Morgan fingerprint density at radius 1 is 1.06 bits per heavy atom. The maximum absolute atomic E-state index is 12.1. The Morgan fingerprint density at radius 3 is 1.81 bits per heavy atom. The first-order chi connectivity index (χ1) is 7.41. The highest BCUT2D eigenvalue weighted by Crippen LogP contribution is 2.21. The lowest BCUT2D eigenvalue weighted by Gasteiger charge is -2.07. The van der Waals surface area contributed by atoms with Crippen LogP contribution in [-0.4, -0.2) is 12.0 Å². The molecule has 0 bridgehead atoms. The number of carbonyl (C=O) groups excluding carboxylic acids is 1. The van der Waals surface area contributed by atoms with Crippen LogP contribution in [0.2, 0.25) is 0 Å². The van der Waals surface area contributed by atoms with E-state index in [1.165, 1.54) is 0 Å². The normalized spacial score (nSPS) is 11.3. The van der Waals surface area contributed by atoms with Gasteiger partial charge >= 0.3 is 6.18 Å². The van der Waals surface area contributed by atoms with Crippen LogP contribution in [0.4, 0.5) is 13.2 Å². The van der Waals surface area contributed by atoms with Gasteiger partial charge in [0.2, 0.25) is 0 Å². The molecule has 4 heteroatoms. The fourth-order valence-electron chi connectivity index (χ4n) is 1.34. The number of ketones is 1. The summed E-state index contributed by atoms with van der Waals surface area (Å²) in [4.78, 5) is 10.8. The lowest BCUT2D eigenvalue weighted by molar-refractivity contribution is -0.165. The second-order valence-corrected chi connectivity index (χ2v) is 3.87. The number of alkyl halides is 3. The van der Waals surface area contributed by atoms with Crippen molar-refractivity contribution in [3.63, 3.8) is 0 Å². The van der Waals surface area contributed by atoms with Gasteiger partial charge in [-0.1, -0.05) is 32.3 Å². The van der Waals surface area contributed by atoms with Crippen LogP contribution in [0, 0.1) is 0 Å². The van der Waals surface area contributed by atoms with Crippen molar-refractivity contribution in [1.29, 1.82) is 0 Å². The highest BCUT2D eigenvalue weighted by molar-refractivity contribution is 5.94. The molecule has 0 saturated heterocycles. The van der Waals surface area contributed by atoms with Gasteiger partial charge in [-0.05, 0) is 31.8 Å². The van der Waals surface area contributed by atoms with E-state index >= 15 is 0 Å². The second kappa shape index (κ2) is 7.47. The molecule has 0 unspecified atom stereocenters. The van der Waals surface area contributed by atoms with Gasteiger partial charge in [0.15, 0.2) is 0 Å². The molecule has 0 rings (SSSR count). The fraction of sp³-hybridized carbons (Fsp3) is 0.750. The van der Waals surface area contributed by atoms with E-state index in [4.69, 9.17) is 0 Å². The average molecular weight is 236 g/mol. The van der Waals surface area contributed by atoms with E-state index in [1.807, 2.05) is 13.8 Å². The summed E-state index contributed by atoms with van der Waals surface area (Å²) in [6.45, 7) is 3.95. The molecule has 0 aliphatic heterocycles. The molecule has 0 aromatic heterocycles. The minimum absolute atomic E-state index is 0.596. The summed E-state index contributed by atoms with van der Waals surface area (Å²) < 4.78 is 36.2. The lowest BCUT2D eigenvalue weighted by atomic mass is 10.0. The van der Waals surface area contributed by atoms with Crippen LogP contribution < -0.4 is 0 Å². The Bertz CT molecular complexity index is 231. The summed E-state index contributed by atoms with van der Waals surface area (Å²) in [5, 5.41) is 0. The highest BCUT2D eigenvalue weighted by Gasteiger charge is 2.36. The standard InChI is InChI=1S/C12H19F3O/c1-3-5-7-10(8-6-4-2)9-11(16)12(13,14)15/h9H,3-8H2,1-2H3. The number of allylic oxidation sites excluding steroid dienone is 2. The molecule has 0 heterocycles. The van der Waals surface area contributed by atoms with E-state index < -0.39 is 12.0 Å². The first-order valence-electron chi connectivity index (χ1n) is 5.72. The minimum atomic E-state index is -4.73.